The molecule has 0 atom stereocenters. The zero-order valence-electron chi connectivity index (χ0n) is 15.0. The molecule has 1 aliphatic carbocycles. The van der Waals surface area contributed by atoms with Crippen LogP contribution in [0.15, 0.2) is 28.9 Å². The number of amides is 2. The smallest absolute Gasteiger partial charge is 0.311 e. The number of hydrogen-bond donors (Lipinski definition) is 3. The van der Waals surface area contributed by atoms with E-state index in [0.717, 1.165) is 36.2 Å². The van der Waals surface area contributed by atoms with Crippen LogP contribution in [0.5, 0.6) is 0 Å². The normalized spacial score (nSPS) is 15.9. The van der Waals surface area contributed by atoms with E-state index >= 15 is 0 Å². The van der Waals surface area contributed by atoms with Gasteiger partial charge in [-0.1, -0.05) is 19.3 Å². The number of rotatable bonds is 6. The fourth-order valence-electron chi connectivity index (χ4n) is 3.37. The minimum Gasteiger partial charge on any atom is -0.481 e. The highest BCUT2D eigenvalue weighted by atomic mass is 32.1. The fraction of sp³-hybridized carbons (Fsp3) is 0.421. The zero-order valence-corrected chi connectivity index (χ0v) is 15.9. The lowest BCUT2D eigenvalue weighted by molar-refractivity contribution is -0.150. The van der Waals surface area contributed by atoms with Gasteiger partial charge in [-0.3, -0.25) is 14.4 Å². The Bertz CT molecular complexity index is 834. The molecule has 3 rings (SSSR count). The summed E-state index contributed by atoms with van der Waals surface area (Å²) < 4.78 is 5.05. The molecule has 27 heavy (non-hydrogen) atoms. The van der Waals surface area contributed by atoms with Gasteiger partial charge in [0.15, 0.2) is 5.76 Å². The predicted octanol–water partition coefficient (Wildman–Crippen LogP) is 3.67. The molecule has 2 amide bonds. The number of furan rings is 1. The molecule has 0 bridgehead atoms. The number of hydrogen-bond acceptors (Lipinski definition) is 5. The van der Waals surface area contributed by atoms with Crippen molar-refractivity contribution >= 4 is 34.1 Å². The maximum absolute atomic E-state index is 12.6. The van der Waals surface area contributed by atoms with E-state index in [0.29, 0.717) is 22.7 Å². The Morgan fingerprint density at radius 3 is 2.59 bits per heavy atom. The van der Waals surface area contributed by atoms with Crippen molar-refractivity contribution in [2.24, 2.45) is 5.41 Å². The lowest BCUT2D eigenvalue weighted by atomic mass is 9.74. The first kappa shape index (κ1) is 19.2. The molecule has 0 aromatic carbocycles. The number of carboxylic acid groups (broad SMARTS) is 1. The van der Waals surface area contributed by atoms with Crippen LogP contribution in [-0.4, -0.2) is 29.4 Å². The first-order chi connectivity index (χ1) is 12.9. The van der Waals surface area contributed by atoms with Crippen molar-refractivity contribution in [2.75, 3.05) is 11.9 Å². The van der Waals surface area contributed by atoms with E-state index in [9.17, 15) is 19.5 Å². The van der Waals surface area contributed by atoms with Crippen LogP contribution in [-0.2, 0) is 4.79 Å². The summed E-state index contributed by atoms with van der Waals surface area (Å²) in [7, 11) is 0. The molecule has 0 spiro atoms. The van der Waals surface area contributed by atoms with Gasteiger partial charge < -0.3 is 20.2 Å². The molecule has 2 aromatic rings. The van der Waals surface area contributed by atoms with Crippen molar-refractivity contribution in [3.63, 3.8) is 0 Å². The Labute approximate surface area is 160 Å². The number of carboxylic acids is 1. The molecule has 1 aliphatic rings. The monoisotopic (exact) mass is 390 g/mol. The SMILES string of the molecule is Cc1cc(NC(=O)c2ccco2)sc1C(=O)NCC1(C(=O)O)CCCCC1. The minimum atomic E-state index is -0.880. The molecule has 7 nitrogen and oxygen atoms in total. The van der Waals surface area contributed by atoms with Crippen molar-refractivity contribution in [1.29, 1.82) is 0 Å². The quantitative estimate of drug-likeness (QED) is 0.697. The van der Waals surface area contributed by atoms with Gasteiger partial charge in [-0.05, 0) is 43.5 Å². The lowest BCUT2D eigenvalue weighted by Gasteiger charge is -2.33. The van der Waals surface area contributed by atoms with E-state index in [1.165, 1.54) is 6.26 Å². The molecule has 3 N–H and O–H groups in total. The topological polar surface area (TPSA) is 109 Å². The number of anilines is 1. The molecule has 1 saturated carbocycles. The summed E-state index contributed by atoms with van der Waals surface area (Å²) >= 11 is 1.15. The molecular formula is C19H22N2O5S. The van der Waals surface area contributed by atoms with Gasteiger partial charge in [0.1, 0.15) is 0 Å². The third-order valence-electron chi connectivity index (χ3n) is 4.96. The Morgan fingerprint density at radius 1 is 1.22 bits per heavy atom. The molecular weight excluding hydrogens is 368 g/mol. The minimum absolute atomic E-state index is 0.118. The lowest BCUT2D eigenvalue weighted by Crippen LogP contribution is -2.44. The number of nitrogens with one attached hydrogen (secondary N) is 2. The van der Waals surface area contributed by atoms with Gasteiger partial charge in [-0.2, -0.15) is 0 Å². The summed E-state index contributed by atoms with van der Waals surface area (Å²) in [5.74, 6) is -1.37. The maximum atomic E-state index is 12.6. The van der Waals surface area contributed by atoms with Crippen molar-refractivity contribution in [3.05, 3.63) is 40.7 Å². The average Bonchev–Trinajstić information content (AvgIpc) is 3.30. The third-order valence-corrected chi connectivity index (χ3v) is 6.11. The average molecular weight is 390 g/mol. The van der Waals surface area contributed by atoms with Gasteiger partial charge in [0.25, 0.3) is 11.8 Å². The summed E-state index contributed by atoms with van der Waals surface area (Å²) in [5, 5.41) is 15.6. The Balaban J connectivity index is 1.65. The van der Waals surface area contributed by atoms with Crippen LogP contribution in [0.3, 0.4) is 0 Å². The zero-order chi connectivity index (χ0) is 19.4. The Hall–Kier alpha value is -2.61. The van der Waals surface area contributed by atoms with E-state index in [-0.39, 0.29) is 24.1 Å². The van der Waals surface area contributed by atoms with Gasteiger partial charge in [0, 0.05) is 6.54 Å². The molecule has 0 unspecified atom stereocenters. The van der Waals surface area contributed by atoms with Crippen molar-refractivity contribution < 1.29 is 23.9 Å². The molecule has 0 radical (unpaired) electrons. The fourth-order valence-corrected chi connectivity index (χ4v) is 4.36. The van der Waals surface area contributed by atoms with Gasteiger partial charge in [0.2, 0.25) is 0 Å². The molecule has 0 aliphatic heterocycles. The second kappa shape index (κ2) is 7.96. The summed E-state index contributed by atoms with van der Waals surface area (Å²) in [5.41, 5.74) is -0.157. The summed E-state index contributed by atoms with van der Waals surface area (Å²) in [6.07, 6.45) is 5.34. The van der Waals surface area contributed by atoms with Gasteiger partial charge in [0.05, 0.1) is 21.6 Å². The number of carbonyl (C=O) groups excluding carboxylic acids is 2. The number of thiophene rings is 1. The van der Waals surface area contributed by atoms with Crippen LogP contribution in [0.2, 0.25) is 0 Å². The Morgan fingerprint density at radius 2 is 1.96 bits per heavy atom. The van der Waals surface area contributed by atoms with Crippen molar-refractivity contribution in [2.45, 2.75) is 39.0 Å². The van der Waals surface area contributed by atoms with E-state index in [4.69, 9.17) is 4.42 Å². The van der Waals surface area contributed by atoms with E-state index < -0.39 is 11.4 Å². The molecule has 0 saturated heterocycles. The highest BCUT2D eigenvalue weighted by Crippen LogP contribution is 2.36. The predicted molar refractivity (Wildman–Crippen MR) is 101 cm³/mol. The molecule has 8 heteroatoms. The first-order valence-corrected chi connectivity index (χ1v) is 9.70. The van der Waals surface area contributed by atoms with Crippen LogP contribution in [0.1, 0.15) is 57.9 Å². The van der Waals surface area contributed by atoms with E-state index in [1.807, 2.05) is 0 Å². The number of aliphatic carboxylic acids is 1. The van der Waals surface area contributed by atoms with Gasteiger partial charge >= 0.3 is 5.97 Å². The van der Waals surface area contributed by atoms with Crippen molar-refractivity contribution in [1.82, 2.24) is 5.32 Å². The first-order valence-electron chi connectivity index (χ1n) is 8.88. The summed E-state index contributed by atoms with van der Waals surface area (Å²) in [4.78, 5) is 36.8. The molecule has 1 fully saturated rings. The molecule has 2 aromatic heterocycles. The summed E-state index contributed by atoms with van der Waals surface area (Å²) in [6.45, 7) is 1.90. The second-order valence-corrected chi connectivity index (χ2v) is 7.94. The largest absolute Gasteiger partial charge is 0.481 e. The highest BCUT2D eigenvalue weighted by molar-refractivity contribution is 7.18. The standard InChI is InChI=1S/C19H22N2O5S/c1-12-10-14(21-16(22)13-6-5-9-26-13)27-15(12)17(23)20-11-19(18(24)25)7-3-2-4-8-19/h5-6,9-10H,2-4,7-8,11H2,1H3,(H,20,23)(H,21,22)(H,24,25). The van der Waals surface area contributed by atoms with Crippen molar-refractivity contribution in [3.8, 4) is 0 Å². The van der Waals surface area contributed by atoms with E-state index in [1.54, 1.807) is 25.1 Å². The maximum Gasteiger partial charge on any atom is 0.311 e. The summed E-state index contributed by atoms with van der Waals surface area (Å²) in [6, 6.07) is 4.89. The van der Waals surface area contributed by atoms with Crippen LogP contribution >= 0.6 is 11.3 Å². The van der Waals surface area contributed by atoms with Crippen LogP contribution in [0, 0.1) is 12.3 Å². The highest BCUT2D eigenvalue weighted by Gasteiger charge is 2.40. The van der Waals surface area contributed by atoms with Crippen LogP contribution < -0.4 is 10.6 Å². The second-order valence-electron chi connectivity index (χ2n) is 6.88. The van der Waals surface area contributed by atoms with Crippen LogP contribution in [0.25, 0.3) is 0 Å². The Kier molecular flexibility index (Phi) is 5.65. The van der Waals surface area contributed by atoms with Gasteiger partial charge in [-0.25, -0.2) is 0 Å². The number of carbonyl (C=O) groups is 3. The van der Waals surface area contributed by atoms with Crippen LogP contribution in [0.4, 0.5) is 5.00 Å². The third kappa shape index (κ3) is 4.21. The molecule has 144 valence electrons. The van der Waals surface area contributed by atoms with E-state index in [2.05, 4.69) is 10.6 Å². The number of aryl methyl sites for hydroxylation is 1. The molecule has 2 heterocycles. The van der Waals surface area contributed by atoms with Gasteiger partial charge in [-0.15, -0.1) is 11.3 Å².